The summed E-state index contributed by atoms with van der Waals surface area (Å²) in [7, 11) is 0. The van der Waals surface area contributed by atoms with Crippen LogP contribution < -0.4 is 10.2 Å². The second-order valence-corrected chi connectivity index (χ2v) is 7.24. The van der Waals surface area contributed by atoms with Gasteiger partial charge in [-0.3, -0.25) is 4.79 Å². The summed E-state index contributed by atoms with van der Waals surface area (Å²) < 4.78 is 1.93. The highest BCUT2D eigenvalue weighted by atomic mass is 16.2. The van der Waals surface area contributed by atoms with Crippen molar-refractivity contribution in [2.75, 3.05) is 18.0 Å². The predicted octanol–water partition coefficient (Wildman–Crippen LogP) is 3.70. The summed E-state index contributed by atoms with van der Waals surface area (Å²) >= 11 is 0. The molecule has 5 heteroatoms. The first-order valence-electron chi connectivity index (χ1n) is 9.89. The molecule has 1 amide bonds. The van der Waals surface area contributed by atoms with E-state index in [4.69, 9.17) is 0 Å². The molecule has 144 valence electrons. The summed E-state index contributed by atoms with van der Waals surface area (Å²) in [6, 6.07) is 17.8. The number of carbonyl (C=O) groups excluding carboxylic acids is 1. The normalized spacial score (nSPS) is 14.8. The van der Waals surface area contributed by atoms with E-state index < -0.39 is 6.04 Å². The number of aromatic nitrogens is 2. The minimum Gasteiger partial charge on any atom is -0.371 e. The third kappa shape index (κ3) is 3.79. The molecule has 0 radical (unpaired) electrons. The van der Waals surface area contributed by atoms with Crippen molar-refractivity contribution in [1.29, 1.82) is 0 Å². The first-order chi connectivity index (χ1) is 13.7. The summed E-state index contributed by atoms with van der Waals surface area (Å²) in [5.41, 5.74) is 3.34. The maximum atomic E-state index is 13.2. The Labute approximate surface area is 166 Å². The Hall–Kier alpha value is -3.08. The Balaban J connectivity index is 1.56. The van der Waals surface area contributed by atoms with Crippen LogP contribution in [-0.4, -0.2) is 28.5 Å². The van der Waals surface area contributed by atoms with Crippen molar-refractivity contribution in [3.05, 3.63) is 83.9 Å². The van der Waals surface area contributed by atoms with Gasteiger partial charge in [-0.25, -0.2) is 4.98 Å². The van der Waals surface area contributed by atoms with Gasteiger partial charge in [-0.15, -0.1) is 0 Å². The second-order valence-electron chi connectivity index (χ2n) is 7.24. The van der Waals surface area contributed by atoms with Crippen molar-refractivity contribution < 1.29 is 4.79 Å². The van der Waals surface area contributed by atoms with Crippen LogP contribution in [0.1, 0.15) is 35.8 Å². The lowest BCUT2D eigenvalue weighted by Gasteiger charge is -2.23. The number of amides is 1. The van der Waals surface area contributed by atoms with Gasteiger partial charge in [0.05, 0.1) is 0 Å². The highest BCUT2D eigenvalue weighted by molar-refractivity contribution is 5.83. The lowest BCUT2D eigenvalue weighted by atomic mass is 10.1. The number of benzene rings is 2. The van der Waals surface area contributed by atoms with Gasteiger partial charge in [0.1, 0.15) is 11.9 Å². The summed E-state index contributed by atoms with van der Waals surface area (Å²) in [6.45, 7) is 4.62. The van der Waals surface area contributed by atoms with Gasteiger partial charge in [-0.05, 0) is 37.0 Å². The molecule has 4 rings (SSSR count). The minimum absolute atomic E-state index is 0.0245. The number of hydrogen-bond donors (Lipinski definition) is 1. The van der Waals surface area contributed by atoms with E-state index in [1.54, 1.807) is 6.20 Å². The molecular formula is C23H26N4O. The van der Waals surface area contributed by atoms with Crippen LogP contribution in [0.25, 0.3) is 0 Å². The van der Waals surface area contributed by atoms with E-state index in [1.165, 1.54) is 18.5 Å². The molecule has 0 aliphatic carbocycles. The first kappa shape index (κ1) is 18.3. The summed E-state index contributed by atoms with van der Waals surface area (Å²) in [4.78, 5) is 19.9. The molecule has 0 spiro atoms. The van der Waals surface area contributed by atoms with Crippen molar-refractivity contribution in [2.45, 2.75) is 32.4 Å². The zero-order valence-electron chi connectivity index (χ0n) is 16.2. The number of carbonyl (C=O) groups is 1. The van der Waals surface area contributed by atoms with Gasteiger partial charge >= 0.3 is 0 Å². The standard InChI is InChI=1S/C23H26N4O/c1-18-24-13-16-27(18)22(19-9-3-2-4-10-19)23(28)25-17-20-11-5-6-12-21(20)26-14-7-8-15-26/h2-6,9-13,16,22H,7-8,14-15,17H2,1H3,(H,25,28). The van der Waals surface area contributed by atoms with Crippen LogP contribution in [0.15, 0.2) is 67.0 Å². The lowest BCUT2D eigenvalue weighted by Crippen LogP contribution is -2.33. The van der Waals surface area contributed by atoms with Crippen molar-refractivity contribution in [3.8, 4) is 0 Å². The van der Waals surface area contributed by atoms with Crippen LogP contribution in [-0.2, 0) is 11.3 Å². The van der Waals surface area contributed by atoms with Crippen molar-refractivity contribution >= 4 is 11.6 Å². The molecule has 2 aromatic carbocycles. The number of para-hydroxylation sites is 1. The Kier molecular flexibility index (Phi) is 5.42. The highest BCUT2D eigenvalue weighted by Crippen LogP contribution is 2.25. The van der Waals surface area contributed by atoms with E-state index in [0.29, 0.717) is 6.54 Å². The van der Waals surface area contributed by atoms with Crippen LogP contribution >= 0.6 is 0 Å². The van der Waals surface area contributed by atoms with Crippen molar-refractivity contribution in [3.63, 3.8) is 0 Å². The molecule has 1 aliphatic rings. The van der Waals surface area contributed by atoms with Crippen LogP contribution in [0.3, 0.4) is 0 Å². The monoisotopic (exact) mass is 374 g/mol. The molecular weight excluding hydrogens is 348 g/mol. The van der Waals surface area contributed by atoms with Crippen LogP contribution in [0.4, 0.5) is 5.69 Å². The largest absolute Gasteiger partial charge is 0.371 e. The Morgan fingerprint density at radius 1 is 1.07 bits per heavy atom. The number of rotatable bonds is 6. The van der Waals surface area contributed by atoms with Gasteiger partial charge < -0.3 is 14.8 Å². The summed E-state index contributed by atoms with van der Waals surface area (Å²) in [5, 5.41) is 3.16. The molecule has 0 bridgehead atoms. The average Bonchev–Trinajstić information content (AvgIpc) is 3.40. The second kappa shape index (κ2) is 8.30. The zero-order valence-corrected chi connectivity index (χ0v) is 16.2. The molecule has 28 heavy (non-hydrogen) atoms. The Bertz CT molecular complexity index is 929. The number of hydrogen-bond acceptors (Lipinski definition) is 3. The summed E-state index contributed by atoms with van der Waals surface area (Å²) in [6.07, 6.45) is 6.07. The van der Waals surface area contributed by atoms with E-state index in [2.05, 4.69) is 33.4 Å². The number of imidazole rings is 1. The van der Waals surface area contributed by atoms with Crippen LogP contribution in [0.5, 0.6) is 0 Å². The van der Waals surface area contributed by atoms with Crippen LogP contribution in [0.2, 0.25) is 0 Å². The van der Waals surface area contributed by atoms with E-state index >= 15 is 0 Å². The molecule has 1 aromatic heterocycles. The number of nitrogens with zero attached hydrogens (tertiary/aromatic N) is 3. The zero-order chi connectivity index (χ0) is 19.3. The molecule has 1 fully saturated rings. The Morgan fingerprint density at radius 2 is 1.79 bits per heavy atom. The van der Waals surface area contributed by atoms with Gasteiger partial charge in [0.15, 0.2) is 0 Å². The number of nitrogens with one attached hydrogen (secondary N) is 1. The predicted molar refractivity (Wildman–Crippen MR) is 111 cm³/mol. The maximum Gasteiger partial charge on any atom is 0.248 e. The average molecular weight is 374 g/mol. The maximum absolute atomic E-state index is 13.2. The minimum atomic E-state index is -0.428. The Morgan fingerprint density at radius 3 is 2.50 bits per heavy atom. The van der Waals surface area contributed by atoms with E-state index in [1.807, 2.05) is 54.1 Å². The molecule has 1 unspecified atom stereocenters. The van der Waals surface area contributed by atoms with E-state index in [-0.39, 0.29) is 5.91 Å². The topological polar surface area (TPSA) is 50.2 Å². The fourth-order valence-corrected chi connectivity index (χ4v) is 3.94. The van der Waals surface area contributed by atoms with Crippen molar-refractivity contribution in [2.24, 2.45) is 0 Å². The fourth-order valence-electron chi connectivity index (χ4n) is 3.94. The number of aryl methyl sites for hydroxylation is 1. The first-order valence-corrected chi connectivity index (χ1v) is 9.89. The van der Waals surface area contributed by atoms with Gasteiger partial charge in [-0.1, -0.05) is 48.5 Å². The van der Waals surface area contributed by atoms with Gasteiger partial charge in [0.2, 0.25) is 5.91 Å². The molecule has 1 atom stereocenters. The van der Waals surface area contributed by atoms with Gasteiger partial charge in [0.25, 0.3) is 0 Å². The molecule has 0 saturated carbocycles. The molecule has 1 saturated heterocycles. The third-order valence-corrected chi connectivity index (χ3v) is 5.40. The van der Waals surface area contributed by atoms with E-state index in [9.17, 15) is 4.79 Å². The van der Waals surface area contributed by atoms with Crippen molar-refractivity contribution in [1.82, 2.24) is 14.9 Å². The lowest BCUT2D eigenvalue weighted by molar-refractivity contribution is -0.123. The highest BCUT2D eigenvalue weighted by Gasteiger charge is 2.24. The molecule has 1 N–H and O–H groups in total. The SMILES string of the molecule is Cc1nccn1C(C(=O)NCc1ccccc1N1CCCC1)c1ccccc1. The molecule has 5 nitrogen and oxygen atoms in total. The van der Waals surface area contributed by atoms with Gasteiger partial charge in [0, 0.05) is 37.7 Å². The van der Waals surface area contributed by atoms with Crippen LogP contribution in [0, 0.1) is 6.92 Å². The van der Waals surface area contributed by atoms with E-state index in [0.717, 1.165) is 30.0 Å². The molecule has 3 aromatic rings. The molecule has 1 aliphatic heterocycles. The fraction of sp³-hybridized carbons (Fsp3) is 0.304. The number of anilines is 1. The summed E-state index contributed by atoms with van der Waals surface area (Å²) in [5.74, 6) is 0.796. The van der Waals surface area contributed by atoms with Gasteiger partial charge in [-0.2, -0.15) is 0 Å². The molecule has 2 heterocycles. The quantitative estimate of drug-likeness (QED) is 0.716. The smallest absolute Gasteiger partial charge is 0.248 e. The third-order valence-electron chi connectivity index (χ3n) is 5.40.